The van der Waals surface area contributed by atoms with Crippen molar-refractivity contribution in [3.63, 3.8) is 0 Å². The molecule has 2 heterocycles. The van der Waals surface area contributed by atoms with Crippen molar-refractivity contribution in [2.24, 2.45) is 5.73 Å². The van der Waals surface area contributed by atoms with E-state index in [9.17, 15) is 0 Å². The van der Waals surface area contributed by atoms with E-state index in [0.29, 0.717) is 6.54 Å². The molecule has 2 N–H and O–H groups in total. The first kappa shape index (κ1) is 11.5. The Bertz CT molecular complexity index is 638. The van der Waals surface area contributed by atoms with E-state index in [2.05, 4.69) is 52.5 Å². The van der Waals surface area contributed by atoms with Crippen molar-refractivity contribution in [3.05, 3.63) is 58.4 Å². The minimum Gasteiger partial charge on any atom is -0.342 e. The number of aromatic nitrogens is 1. The van der Waals surface area contributed by atoms with Gasteiger partial charge in [-0.25, -0.2) is 0 Å². The normalized spacial score (nSPS) is 11.2. The second-order valence-electron chi connectivity index (χ2n) is 4.45. The third-order valence-corrected chi connectivity index (χ3v) is 4.04. The molecule has 3 aromatic rings. The van der Waals surface area contributed by atoms with Crippen LogP contribution in [0.4, 0.5) is 0 Å². The van der Waals surface area contributed by atoms with Gasteiger partial charge in [0.1, 0.15) is 0 Å². The van der Waals surface area contributed by atoms with Crippen molar-refractivity contribution >= 4 is 22.2 Å². The Morgan fingerprint density at radius 3 is 2.89 bits per heavy atom. The minimum absolute atomic E-state index is 0.710. The molecule has 2 nitrogen and oxygen atoms in total. The highest BCUT2D eigenvalue weighted by Gasteiger charge is 2.03. The summed E-state index contributed by atoms with van der Waals surface area (Å²) in [6.45, 7) is 1.67. The average Bonchev–Trinajstić information content (AvgIpc) is 3.00. The maximum atomic E-state index is 5.60. The summed E-state index contributed by atoms with van der Waals surface area (Å²) in [6, 6.07) is 13.1. The van der Waals surface area contributed by atoms with E-state index in [1.54, 1.807) is 11.3 Å². The molecule has 0 fully saturated rings. The summed E-state index contributed by atoms with van der Waals surface area (Å²) in [6.07, 6.45) is 3.11. The van der Waals surface area contributed by atoms with E-state index in [1.165, 1.54) is 21.3 Å². The maximum Gasteiger partial charge on any atom is 0.0569 e. The molecule has 0 amide bonds. The second-order valence-corrected chi connectivity index (χ2v) is 5.49. The summed E-state index contributed by atoms with van der Waals surface area (Å²) in [7, 11) is 0. The number of hydrogen-bond acceptors (Lipinski definition) is 2. The Balaban J connectivity index is 1.94. The molecule has 0 aliphatic heterocycles. The van der Waals surface area contributed by atoms with E-state index < -0.39 is 0 Å². The maximum absolute atomic E-state index is 5.60. The first-order chi connectivity index (χ1) is 8.86. The second kappa shape index (κ2) is 4.96. The van der Waals surface area contributed by atoms with Crippen molar-refractivity contribution in [1.29, 1.82) is 0 Å². The van der Waals surface area contributed by atoms with Crippen LogP contribution in [0.5, 0.6) is 0 Å². The number of hydrogen-bond donors (Lipinski definition) is 1. The summed E-state index contributed by atoms with van der Waals surface area (Å²) in [5, 5.41) is 3.43. The van der Waals surface area contributed by atoms with Gasteiger partial charge in [-0.05, 0) is 53.6 Å². The lowest BCUT2D eigenvalue weighted by Gasteiger charge is -2.04. The predicted octanol–water partition coefficient (Wildman–Crippen LogP) is 3.25. The fourth-order valence-electron chi connectivity index (χ4n) is 2.28. The molecular weight excluding hydrogens is 240 g/mol. The van der Waals surface area contributed by atoms with Crippen LogP contribution >= 0.6 is 11.3 Å². The van der Waals surface area contributed by atoms with Crippen LogP contribution in [-0.4, -0.2) is 11.1 Å². The van der Waals surface area contributed by atoms with Crippen molar-refractivity contribution in [3.8, 4) is 0 Å². The minimum atomic E-state index is 0.710. The van der Waals surface area contributed by atoms with Crippen LogP contribution in [0.1, 0.15) is 10.4 Å². The van der Waals surface area contributed by atoms with Crippen molar-refractivity contribution < 1.29 is 0 Å². The summed E-state index contributed by atoms with van der Waals surface area (Å²) in [5.41, 5.74) is 8.21. The van der Waals surface area contributed by atoms with Crippen LogP contribution in [0, 0.1) is 0 Å². The highest BCUT2D eigenvalue weighted by molar-refractivity contribution is 7.09. The van der Waals surface area contributed by atoms with E-state index >= 15 is 0 Å². The van der Waals surface area contributed by atoms with E-state index in [4.69, 9.17) is 5.73 Å². The van der Waals surface area contributed by atoms with Crippen molar-refractivity contribution in [2.75, 3.05) is 6.54 Å². The topological polar surface area (TPSA) is 30.9 Å². The van der Waals surface area contributed by atoms with Crippen LogP contribution in [0.2, 0.25) is 0 Å². The number of nitrogens with two attached hydrogens (primary N) is 1. The van der Waals surface area contributed by atoms with Gasteiger partial charge >= 0.3 is 0 Å². The van der Waals surface area contributed by atoms with Gasteiger partial charge in [0.25, 0.3) is 0 Å². The number of benzene rings is 1. The standard InChI is InChI=1S/C15H16N2S/c16-7-5-12-3-4-15-13(10-12)6-8-17(15)11-14-2-1-9-18-14/h1-4,6,8-10H,5,7,11,16H2. The van der Waals surface area contributed by atoms with Crippen LogP contribution < -0.4 is 5.73 Å². The molecule has 18 heavy (non-hydrogen) atoms. The first-order valence-corrected chi connectivity index (χ1v) is 7.05. The Labute approximate surface area is 111 Å². The molecule has 0 spiro atoms. The fraction of sp³-hybridized carbons (Fsp3) is 0.200. The molecule has 2 aromatic heterocycles. The van der Waals surface area contributed by atoms with Gasteiger partial charge in [-0.2, -0.15) is 0 Å². The predicted molar refractivity (Wildman–Crippen MR) is 78.1 cm³/mol. The number of nitrogens with zero attached hydrogens (tertiary/aromatic N) is 1. The summed E-state index contributed by atoms with van der Waals surface area (Å²) in [5.74, 6) is 0. The van der Waals surface area contributed by atoms with E-state index in [-0.39, 0.29) is 0 Å². The zero-order valence-electron chi connectivity index (χ0n) is 10.2. The van der Waals surface area contributed by atoms with Crippen molar-refractivity contribution in [2.45, 2.75) is 13.0 Å². The Morgan fingerprint density at radius 2 is 2.11 bits per heavy atom. The molecule has 3 rings (SSSR count). The zero-order chi connectivity index (χ0) is 12.4. The van der Waals surface area contributed by atoms with Crippen LogP contribution in [0.25, 0.3) is 10.9 Å². The summed E-state index contributed by atoms with van der Waals surface area (Å²) < 4.78 is 2.30. The number of rotatable bonds is 4. The molecule has 1 aromatic carbocycles. The van der Waals surface area contributed by atoms with Crippen molar-refractivity contribution in [1.82, 2.24) is 4.57 Å². The van der Waals surface area contributed by atoms with Gasteiger partial charge in [-0.1, -0.05) is 12.1 Å². The first-order valence-electron chi connectivity index (χ1n) is 6.17. The lowest BCUT2D eigenvalue weighted by molar-refractivity contribution is 0.851. The molecule has 3 heteroatoms. The van der Waals surface area contributed by atoms with Crippen LogP contribution in [-0.2, 0) is 13.0 Å². The fourth-order valence-corrected chi connectivity index (χ4v) is 2.98. The van der Waals surface area contributed by atoms with Gasteiger partial charge in [-0.15, -0.1) is 11.3 Å². The Morgan fingerprint density at radius 1 is 1.17 bits per heavy atom. The van der Waals surface area contributed by atoms with Gasteiger partial charge in [0.2, 0.25) is 0 Å². The quantitative estimate of drug-likeness (QED) is 0.763. The molecule has 0 atom stereocenters. The smallest absolute Gasteiger partial charge is 0.0569 e. The van der Waals surface area contributed by atoms with Gasteiger partial charge in [0.15, 0.2) is 0 Å². The van der Waals surface area contributed by atoms with Gasteiger partial charge in [-0.3, -0.25) is 0 Å². The molecule has 0 aliphatic carbocycles. The summed E-state index contributed by atoms with van der Waals surface area (Å²) >= 11 is 1.80. The average molecular weight is 256 g/mol. The van der Waals surface area contributed by atoms with E-state index in [0.717, 1.165) is 13.0 Å². The van der Waals surface area contributed by atoms with E-state index in [1.807, 2.05) is 0 Å². The number of fused-ring (bicyclic) bond motifs is 1. The van der Waals surface area contributed by atoms with Crippen LogP contribution in [0.3, 0.4) is 0 Å². The molecule has 0 saturated heterocycles. The molecule has 0 bridgehead atoms. The molecular formula is C15H16N2S. The third-order valence-electron chi connectivity index (χ3n) is 3.17. The molecule has 0 aliphatic rings. The summed E-state index contributed by atoms with van der Waals surface area (Å²) in [4.78, 5) is 1.39. The highest BCUT2D eigenvalue weighted by Crippen LogP contribution is 2.20. The lowest BCUT2D eigenvalue weighted by Crippen LogP contribution is -2.02. The Hall–Kier alpha value is -1.58. The molecule has 0 radical (unpaired) electrons. The monoisotopic (exact) mass is 256 g/mol. The van der Waals surface area contributed by atoms with Gasteiger partial charge < -0.3 is 10.3 Å². The van der Waals surface area contributed by atoms with Gasteiger partial charge in [0, 0.05) is 16.6 Å². The molecule has 92 valence electrons. The largest absolute Gasteiger partial charge is 0.342 e. The Kier molecular flexibility index (Phi) is 3.17. The molecule has 0 unspecified atom stereocenters. The number of thiophene rings is 1. The molecule has 0 saturated carbocycles. The highest BCUT2D eigenvalue weighted by atomic mass is 32.1. The third kappa shape index (κ3) is 2.19. The SMILES string of the molecule is NCCc1ccc2c(ccn2Cc2cccs2)c1. The zero-order valence-corrected chi connectivity index (χ0v) is 11.0. The van der Waals surface area contributed by atoms with Gasteiger partial charge in [0.05, 0.1) is 6.54 Å². The van der Waals surface area contributed by atoms with Crippen LogP contribution in [0.15, 0.2) is 48.0 Å². The lowest BCUT2D eigenvalue weighted by atomic mass is 10.1.